The summed E-state index contributed by atoms with van der Waals surface area (Å²) in [6.07, 6.45) is 36.3. The molecule has 0 spiro atoms. The van der Waals surface area contributed by atoms with Crippen molar-refractivity contribution < 1.29 is 42.1 Å². The van der Waals surface area contributed by atoms with Gasteiger partial charge in [-0.2, -0.15) is 0 Å². The van der Waals surface area contributed by atoms with Crippen molar-refractivity contribution >= 4 is 19.8 Å². The number of esters is 2. The van der Waals surface area contributed by atoms with E-state index in [1.807, 2.05) is 21.1 Å². The topological polar surface area (TPSA) is 111 Å². The van der Waals surface area contributed by atoms with Crippen LogP contribution in [-0.4, -0.2) is 70.0 Å². The molecular formula is C42H80NO8P. The molecule has 0 aromatic carbocycles. The third-order valence-corrected chi connectivity index (χ3v) is 9.91. The van der Waals surface area contributed by atoms with Crippen molar-refractivity contribution in [2.75, 3.05) is 47.5 Å². The van der Waals surface area contributed by atoms with E-state index in [1.54, 1.807) is 0 Å². The Morgan fingerprint density at radius 3 is 1.48 bits per heavy atom. The molecule has 0 rings (SSSR count). The van der Waals surface area contributed by atoms with Crippen LogP contribution < -0.4 is 4.89 Å². The number of carbonyl (C=O) groups excluding carboxylic acids is 2. The highest BCUT2D eigenvalue weighted by Gasteiger charge is 2.21. The van der Waals surface area contributed by atoms with E-state index in [2.05, 4.69) is 38.2 Å². The summed E-state index contributed by atoms with van der Waals surface area (Å²) < 4.78 is 33.8. The van der Waals surface area contributed by atoms with Crippen LogP contribution >= 0.6 is 7.82 Å². The Labute approximate surface area is 319 Å². The van der Waals surface area contributed by atoms with Crippen molar-refractivity contribution in [1.29, 1.82) is 0 Å². The first kappa shape index (κ1) is 50.5. The second kappa shape index (κ2) is 35.2. The standard InChI is InChI=1S/C42H80NO8P/c1-6-8-10-12-14-16-18-20-21-23-25-27-29-31-33-35-42(45)51-40(39-50-52(46,47)49-37-36-43(3,4)5)38-48-41(44)34-32-30-28-26-24-22-19-17-15-13-11-9-7-2/h17,19,25,27,40H,6-16,18,20-24,26,28-39H2,1-5H3/b19-17+,27-25+/t40-/m1/s1. The predicted molar refractivity (Wildman–Crippen MR) is 213 cm³/mol. The number of hydrogen-bond donors (Lipinski definition) is 0. The van der Waals surface area contributed by atoms with E-state index in [9.17, 15) is 19.0 Å². The maximum absolute atomic E-state index is 12.6. The SMILES string of the molecule is CCCCCC/C=C/CCCCCCCC(=O)OC[C@H](COP(=O)([O-])OCC[N+](C)(C)C)OC(=O)CCCC/C=C/CCCCCCCCCCC. The minimum absolute atomic E-state index is 0.0345. The smallest absolute Gasteiger partial charge is 0.306 e. The lowest BCUT2D eigenvalue weighted by atomic mass is 10.1. The summed E-state index contributed by atoms with van der Waals surface area (Å²) >= 11 is 0. The van der Waals surface area contributed by atoms with Crippen LogP contribution in [0, 0.1) is 0 Å². The number of quaternary nitrogens is 1. The van der Waals surface area contributed by atoms with E-state index in [1.165, 1.54) is 89.9 Å². The second-order valence-electron chi connectivity index (χ2n) is 15.3. The molecule has 0 amide bonds. The lowest BCUT2D eigenvalue weighted by Gasteiger charge is -2.28. The fourth-order valence-electron chi connectivity index (χ4n) is 5.58. The number of phosphoric ester groups is 1. The maximum Gasteiger partial charge on any atom is 0.306 e. The highest BCUT2D eigenvalue weighted by molar-refractivity contribution is 7.45. The molecule has 0 aliphatic rings. The zero-order valence-electron chi connectivity index (χ0n) is 34.3. The first-order valence-corrected chi connectivity index (χ1v) is 22.5. The molecule has 0 aromatic rings. The highest BCUT2D eigenvalue weighted by atomic mass is 31.2. The molecule has 0 aliphatic carbocycles. The zero-order chi connectivity index (χ0) is 38.6. The Bertz CT molecular complexity index is 949. The van der Waals surface area contributed by atoms with Gasteiger partial charge in [0.25, 0.3) is 7.82 Å². The molecule has 2 atom stereocenters. The number of hydrogen-bond acceptors (Lipinski definition) is 8. The molecule has 0 saturated heterocycles. The number of likely N-dealkylation sites (N-methyl/N-ethyl adjacent to an activating group) is 1. The van der Waals surface area contributed by atoms with Crippen LogP contribution in [0.25, 0.3) is 0 Å². The van der Waals surface area contributed by atoms with Crippen molar-refractivity contribution in [2.45, 2.75) is 187 Å². The third kappa shape index (κ3) is 38.2. The van der Waals surface area contributed by atoms with Gasteiger partial charge in [-0.25, -0.2) is 0 Å². The van der Waals surface area contributed by atoms with E-state index in [4.69, 9.17) is 18.5 Å². The highest BCUT2D eigenvalue weighted by Crippen LogP contribution is 2.38. The minimum Gasteiger partial charge on any atom is -0.756 e. The van der Waals surface area contributed by atoms with Crippen LogP contribution in [0.4, 0.5) is 0 Å². The minimum atomic E-state index is -4.62. The number of nitrogens with zero attached hydrogens (tertiary/aromatic N) is 1. The van der Waals surface area contributed by atoms with Gasteiger partial charge in [-0.05, 0) is 64.2 Å². The van der Waals surface area contributed by atoms with Gasteiger partial charge in [0.05, 0.1) is 27.7 Å². The van der Waals surface area contributed by atoms with Crippen LogP contribution in [0.1, 0.15) is 181 Å². The van der Waals surface area contributed by atoms with Crippen molar-refractivity contribution in [3.05, 3.63) is 24.3 Å². The second-order valence-corrected chi connectivity index (χ2v) is 16.8. The fourth-order valence-corrected chi connectivity index (χ4v) is 6.31. The Kier molecular flexibility index (Phi) is 34.2. The Morgan fingerprint density at radius 1 is 0.577 bits per heavy atom. The van der Waals surface area contributed by atoms with Gasteiger partial charge < -0.3 is 27.9 Å². The Hall–Kier alpha value is -1.51. The lowest BCUT2D eigenvalue weighted by molar-refractivity contribution is -0.870. The molecule has 0 fully saturated rings. The lowest BCUT2D eigenvalue weighted by Crippen LogP contribution is -2.37. The largest absolute Gasteiger partial charge is 0.756 e. The van der Waals surface area contributed by atoms with E-state index in [0.29, 0.717) is 17.4 Å². The third-order valence-electron chi connectivity index (χ3n) is 8.94. The summed E-state index contributed by atoms with van der Waals surface area (Å²) in [4.78, 5) is 37.4. The molecular weight excluding hydrogens is 677 g/mol. The molecule has 306 valence electrons. The van der Waals surface area contributed by atoms with Crippen LogP contribution in [0.5, 0.6) is 0 Å². The maximum atomic E-state index is 12.6. The quantitative estimate of drug-likeness (QED) is 0.0201. The normalized spacial score (nSPS) is 13.9. The summed E-state index contributed by atoms with van der Waals surface area (Å²) in [7, 11) is 1.15. The van der Waals surface area contributed by atoms with Gasteiger partial charge in [0.15, 0.2) is 6.10 Å². The van der Waals surface area contributed by atoms with E-state index in [-0.39, 0.29) is 26.1 Å². The molecule has 0 aromatic heterocycles. The summed E-state index contributed by atoms with van der Waals surface area (Å²) in [5.74, 6) is -0.868. The Morgan fingerprint density at radius 2 is 0.981 bits per heavy atom. The summed E-state index contributed by atoms with van der Waals surface area (Å²) in [5.41, 5.74) is 0. The first-order valence-electron chi connectivity index (χ1n) is 21.0. The zero-order valence-corrected chi connectivity index (χ0v) is 35.2. The number of unbranched alkanes of at least 4 members (excludes halogenated alkanes) is 20. The van der Waals surface area contributed by atoms with Crippen molar-refractivity contribution in [1.82, 2.24) is 0 Å². The van der Waals surface area contributed by atoms with Gasteiger partial charge in [-0.15, -0.1) is 0 Å². The van der Waals surface area contributed by atoms with Crippen LogP contribution in [0.3, 0.4) is 0 Å². The molecule has 0 saturated carbocycles. The number of ether oxygens (including phenoxy) is 2. The molecule has 1 unspecified atom stereocenters. The summed E-state index contributed by atoms with van der Waals surface area (Å²) in [6.45, 7) is 4.17. The average molecular weight is 758 g/mol. The van der Waals surface area contributed by atoms with Gasteiger partial charge >= 0.3 is 11.9 Å². The molecule has 0 aliphatic heterocycles. The fraction of sp³-hybridized carbons (Fsp3) is 0.857. The van der Waals surface area contributed by atoms with Crippen molar-refractivity contribution in [2.24, 2.45) is 0 Å². The molecule has 0 heterocycles. The summed E-state index contributed by atoms with van der Waals surface area (Å²) in [6, 6.07) is 0. The molecule has 0 bridgehead atoms. The predicted octanol–water partition coefficient (Wildman–Crippen LogP) is 10.9. The van der Waals surface area contributed by atoms with Gasteiger partial charge in [0, 0.05) is 12.8 Å². The molecule has 10 heteroatoms. The Balaban J connectivity index is 4.43. The molecule has 0 radical (unpaired) electrons. The van der Waals surface area contributed by atoms with E-state index in [0.717, 1.165) is 57.8 Å². The van der Waals surface area contributed by atoms with Gasteiger partial charge in [-0.1, -0.05) is 128 Å². The van der Waals surface area contributed by atoms with E-state index >= 15 is 0 Å². The molecule has 52 heavy (non-hydrogen) atoms. The van der Waals surface area contributed by atoms with Gasteiger partial charge in [0.1, 0.15) is 19.8 Å². The number of carbonyl (C=O) groups is 2. The van der Waals surface area contributed by atoms with Crippen LogP contribution in [0.2, 0.25) is 0 Å². The van der Waals surface area contributed by atoms with E-state index < -0.39 is 32.5 Å². The van der Waals surface area contributed by atoms with Crippen LogP contribution in [-0.2, 0) is 32.7 Å². The van der Waals surface area contributed by atoms with Crippen molar-refractivity contribution in [3.63, 3.8) is 0 Å². The van der Waals surface area contributed by atoms with Gasteiger partial charge in [-0.3, -0.25) is 14.2 Å². The molecule has 0 N–H and O–H groups in total. The summed E-state index contributed by atoms with van der Waals surface area (Å²) in [5, 5.41) is 0. The van der Waals surface area contributed by atoms with Crippen molar-refractivity contribution in [3.8, 4) is 0 Å². The number of rotatable bonds is 38. The molecule has 9 nitrogen and oxygen atoms in total. The monoisotopic (exact) mass is 758 g/mol. The number of phosphoric acid groups is 1. The first-order chi connectivity index (χ1) is 25.0. The van der Waals surface area contributed by atoms with Crippen LogP contribution in [0.15, 0.2) is 24.3 Å². The van der Waals surface area contributed by atoms with Gasteiger partial charge in [0.2, 0.25) is 0 Å². The average Bonchev–Trinajstić information content (AvgIpc) is 3.09. The number of allylic oxidation sites excluding steroid dienone is 4.